The lowest BCUT2D eigenvalue weighted by atomic mass is 10.1. The maximum absolute atomic E-state index is 11.4. The Hall–Kier alpha value is -2.23. The number of aryl methyl sites for hydroxylation is 1. The van der Waals surface area contributed by atoms with Crippen LogP contribution in [-0.2, 0) is 0 Å². The van der Waals surface area contributed by atoms with E-state index in [2.05, 4.69) is 9.97 Å². The summed E-state index contributed by atoms with van der Waals surface area (Å²) in [6.45, 7) is 5.89. The Morgan fingerprint density at radius 2 is 2.16 bits per heavy atom. The van der Waals surface area contributed by atoms with E-state index in [1.165, 1.54) is 6.92 Å². The molecular formula is C15H16N2O2. The van der Waals surface area contributed by atoms with Crippen LogP contribution in [0.15, 0.2) is 30.5 Å². The van der Waals surface area contributed by atoms with Gasteiger partial charge in [-0.15, -0.1) is 0 Å². The number of hydrogen-bond acceptors (Lipinski definition) is 4. The van der Waals surface area contributed by atoms with Gasteiger partial charge in [0.2, 0.25) is 0 Å². The maximum Gasteiger partial charge on any atom is 0.163 e. The second kappa shape index (κ2) is 5.61. The number of benzene rings is 1. The largest absolute Gasteiger partial charge is 0.494 e. The number of ketones is 1. The van der Waals surface area contributed by atoms with E-state index in [0.717, 1.165) is 11.3 Å². The van der Waals surface area contributed by atoms with E-state index in [1.807, 2.05) is 38.1 Å². The van der Waals surface area contributed by atoms with Crippen molar-refractivity contribution in [1.29, 1.82) is 0 Å². The van der Waals surface area contributed by atoms with E-state index in [-0.39, 0.29) is 5.78 Å². The van der Waals surface area contributed by atoms with E-state index < -0.39 is 0 Å². The van der Waals surface area contributed by atoms with Gasteiger partial charge in [0, 0.05) is 11.8 Å². The van der Waals surface area contributed by atoms with Crippen LogP contribution < -0.4 is 4.74 Å². The van der Waals surface area contributed by atoms with Gasteiger partial charge in [-0.3, -0.25) is 4.79 Å². The summed E-state index contributed by atoms with van der Waals surface area (Å²) in [6.07, 6.45) is 1.58. The summed E-state index contributed by atoms with van der Waals surface area (Å²) < 4.78 is 5.45. The minimum atomic E-state index is -0.0212. The Kier molecular flexibility index (Phi) is 3.90. The van der Waals surface area contributed by atoms with E-state index >= 15 is 0 Å². The average molecular weight is 256 g/mol. The van der Waals surface area contributed by atoms with Gasteiger partial charge in [0.05, 0.1) is 17.9 Å². The van der Waals surface area contributed by atoms with Crippen molar-refractivity contribution in [3.8, 4) is 17.1 Å². The Morgan fingerprint density at radius 3 is 2.79 bits per heavy atom. The second-order valence-corrected chi connectivity index (χ2v) is 4.21. The van der Waals surface area contributed by atoms with Gasteiger partial charge in [-0.25, -0.2) is 9.97 Å². The van der Waals surface area contributed by atoms with Crippen molar-refractivity contribution in [2.75, 3.05) is 6.61 Å². The highest BCUT2D eigenvalue weighted by molar-refractivity contribution is 5.94. The van der Waals surface area contributed by atoms with Crippen LogP contribution in [0.5, 0.6) is 5.75 Å². The molecule has 2 aromatic rings. The molecule has 0 fully saturated rings. The summed E-state index contributed by atoms with van der Waals surface area (Å²) in [5.41, 5.74) is 2.13. The van der Waals surface area contributed by atoms with E-state index in [4.69, 9.17) is 4.74 Å². The highest BCUT2D eigenvalue weighted by Crippen LogP contribution is 2.21. The minimum absolute atomic E-state index is 0.0212. The lowest BCUT2D eigenvalue weighted by molar-refractivity contribution is 0.101. The standard InChI is InChI=1S/C15H16N2O2/c1-4-19-13-7-5-6-12(8-13)15-16-9-14(11(3)18)10(2)17-15/h5-9H,4H2,1-3H3. The van der Waals surface area contributed by atoms with Gasteiger partial charge >= 0.3 is 0 Å². The van der Waals surface area contributed by atoms with Crippen molar-refractivity contribution in [3.63, 3.8) is 0 Å². The monoisotopic (exact) mass is 256 g/mol. The van der Waals surface area contributed by atoms with Crippen molar-refractivity contribution < 1.29 is 9.53 Å². The molecule has 4 nitrogen and oxygen atoms in total. The summed E-state index contributed by atoms with van der Waals surface area (Å²) in [5.74, 6) is 1.37. The van der Waals surface area contributed by atoms with Crippen LogP contribution in [0.1, 0.15) is 29.9 Å². The van der Waals surface area contributed by atoms with Gasteiger partial charge < -0.3 is 4.74 Å². The van der Waals surface area contributed by atoms with Crippen LogP contribution in [0.3, 0.4) is 0 Å². The lowest BCUT2D eigenvalue weighted by Crippen LogP contribution is -2.02. The van der Waals surface area contributed by atoms with Crippen molar-refractivity contribution >= 4 is 5.78 Å². The van der Waals surface area contributed by atoms with Gasteiger partial charge in [-0.1, -0.05) is 12.1 Å². The van der Waals surface area contributed by atoms with E-state index in [0.29, 0.717) is 23.7 Å². The van der Waals surface area contributed by atoms with Crippen LogP contribution in [0.4, 0.5) is 0 Å². The number of carbonyl (C=O) groups is 1. The topological polar surface area (TPSA) is 52.1 Å². The number of aromatic nitrogens is 2. The number of ether oxygens (including phenoxy) is 1. The van der Waals surface area contributed by atoms with E-state index in [1.54, 1.807) is 6.20 Å². The second-order valence-electron chi connectivity index (χ2n) is 4.21. The number of rotatable bonds is 4. The predicted molar refractivity (Wildman–Crippen MR) is 73.4 cm³/mol. The molecule has 0 aliphatic rings. The Bertz CT molecular complexity index is 609. The summed E-state index contributed by atoms with van der Waals surface area (Å²) >= 11 is 0. The molecule has 0 N–H and O–H groups in total. The van der Waals surface area contributed by atoms with Gasteiger partial charge in [-0.2, -0.15) is 0 Å². The summed E-state index contributed by atoms with van der Waals surface area (Å²) in [7, 11) is 0. The van der Waals surface area contributed by atoms with Crippen LogP contribution in [-0.4, -0.2) is 22.4 Å². The third-order valence-corrected chi connectivity index (χ3v) is 2.76. The first-order valence-electron chi connectivity index (χ1n) is 6.19. The highest BCUT2D eigenvalue weighted by atomic mass is 16.5. The molecule has 1 heterocycles. The molecule has 0 unspecified atom stereocenters. The molecule has 19 heavy (non-hydrogen) atoms. The Labute approximate surface area is 112 Å². The van der Waals surface area contributed by atoms with Gasteiger partial charge in [0.1, 0.15) is 5.75 Å². The number of Topliss-reactive ketones (excluding diaryl/α,β-unsaturated/α-hetero) is 1. The molecule has 0 atom stereocenters. The zero-order valence-electron chi connectivity index (χ0n) is 11.3. The molecule has 0 radical (unpaired) electrons. The normalized spacial score (nSPS) is 10.3. The van der Waals surface area contributed by atoms with Crippen LogP contribution >= 0.6 is 0 Å². The van der Waals surface area contributed by atoms with Crippen LogP contribution in [0, 0.1) is 6.92 Å². The first-order chi connectivity index (χ1) is 9.11. The molecule has 0 spiro atoms. The van der Waals surface area contributed by atoms with Crippen LogP contribution in [0.25, 0.3) is 11.4 Å². The SMILES string of the molecule is CCOc1cccc(-c2ncc(C(C)=O)c(C)n2)c1. The Morgan fingerprint density at radius 1 is 1.37 bits per heavy atom. The zero-order chi connectivity index (χ0) is 13.8. The highest BCUT2D eigenvalue weighted by Gasteiger charge is 2.09. The fourth-order valence-corrected chi connectivity index (χ4v) is 1.84. The Balaban J connectivity index is 2.39. The predicted octanol–water partition coefficient (Wildman–Crippen LogP) is 3.05. The van der Waals surface area contributed by atoms with Gasteiger partial charge in [0.15, 0.2) is 11.6 Å². The third kappa shape index (κ3) is 2.96. The first-order valence-corrected chi connectivity index (χ1v) is 6.19. The van der Waals surface area contributed by atoms with Gasteiger partial charge in [0.25, 0.3) is 0 Å². The molecule has 4 heteroatoms. The summed E-state index contributed by atoms with van der Waals surface area (Å²) in [5, 5.41) is 0. The quantitative estimate of drug-likeness (QED) is 0.789. The fourth-order valence-electron chi connectivity index (χ4n) is 1.84. The number of carbonyl (C=O) groups excluding carboxylic acids is 1. The maximum atomic E-state index is 11.4. The van der Waals surface area contributed by atoms with Crippen molar-refractivity contribution in [2.45, 2.75) is 20.8 Å². The fraction of sp³-hybridized carbons (Fsp3) is 0.267. The van der Waals surface area contributed by atoms with Crippen molar-refractivity contribution in [1.82, 2.24) is 9.97 Å². The molecule has 0 aliphatic heterocycles. The van der Waals surface area contributed by atoms with Crippen molar-refractivity contribution in [3.05, 3.63) is 41.7 Å². The molecule has 0 bridgehead atoms. The van der Waals surface area contributed by atoms with E-state index in [9.17, 15) is 4.79 Å². The molecule has 2 rings (SSSR count). The molecule has 98 valence electrons. The zero-order valence-corrected chi connectivity index (χ0v) is 11.3. The molecule has 1 aromatic carbocycles. The van der Waals surface area contributed by atoms with Gasteiger partial charge in [-0.05, 0) is 32.9 Å². The van der Waals surface area contributed by atoms with Crippen molar-refractivity contribution in [2.24, 2.45) is 0 Å². The summed E-state index contributed by atoms with van der Waals surface area (Å²) in [6, 6.07) is 7.61. The summed E-state index contributed by atoms with van der Waals surface area (Å²) in [4.78, 5) is 20.0. The molecule has 0 saturated carbocycles. The average Bonchev–Trinajstić information content (AvgIpc) is 2.39. The minimum Gasteiger partial charge on any atom is -0.494 e. The first kappa shape index (κ1) is 13.2. The molecule has 0 saturated heterocycles. The lowest BCUT2D eigenvalue weighted by Gasteiger charge is -2.07. The van der Waals surface area contributed by atoms with Crippen LogP contribution in [0.2, 0.25) is 0 Å². The molecular weight excluding hydrogens is 240 g/mol. The smallest absolute Gasteiger partial charge is 0.163 e. The number of nitrogens with zero attached hydrogens (tertiary/aromatic N) is 2. The molecule has 1 aromatic heterocycles. The molecule has 0 aliphatic carbocycles. The number of hydrogen-bond donors (Lipinski definition) is 0. The third-order valence-electron chi connectivity index (χ3n) is 2.76. The molecule has 0 amide bonds.